The van der Waals surface area contributed by atoms with Gasteiger partial charge in [-0.25, -0.2) is 0 Å². The molecule has 1 atom stereocenters. The SMILES string of the molecule is C=C(C)NC(C)(CC(C)=O)c1cccc(NC(=O)c2cc(Cl)ccc2OC(F)F)c1Cl. The second kappa shape index (κ2) is 10.1. The first kappa shape index (κ1) is 24.6. The number of halogens is 4. The van der Waals surface area contributed by atoms with Gasteiger partial charge in [-0.1, -0.05) is 41.9 Å². The highest BCUT2D eigenvalue weighted by Gasteiger charge is 2.31. The maximum Gasteiger partial charge on any atom is 0.387 e. The summed E-state index contributed by atoms with van der Waals surface area (Å²) >= 11 is 12.5. The smallest absolute Gasteiger partial charge is 0.387 e. The van der Waals surface area contributed by atoms with E-state index >= 15 is 0 Å². The zero-order valence-corrected chi connectivity index (χ0v) is 18.7. The van der Waals surface area contributed by atoms with Gasteiger partial charge in [0.1, 0.15) is 11.5 Å². The number of alkyl halides is 2. The van der Waals surface area contributed by atoms with Crippen molar-refractivity contribution in [2.45, 2.75) is 39.3 Å². The molecule has 0 heterocycles. The van der Waals surface area contributed by atoms with Gasteiger partial charge in [0.05, 0.1) is 21.8 Å². The van der Waals surface area contributed by atoms with Crippen LogP contribution >= 0.6 is 23.2 Å². The predicted molar refractivity (Wildman–Crippen MR) is 118 cm³/mol. The maximum absolute atomic E-state index is 12.8. The van der Waals surface area contributed by atoms with Crippen molar-refractivity contribution in [2.24, 2.45) is 0 Å². The summed E-state index contributed by atoms with van der Waals surface area (Å²) in [5, 5.41) is 6.12. The zero-order chi connectivity index (χ0) is 23.3. The standard InChI is InChI=1S/C22H22Cl2F2N2O3/c1-12(2)28-22(4,11-13(3)29)16-6-5-7-17(19(16)24)27-20(30)15-10-14(23)8-9-18(15)31-21(25)26/h5-10,21,28H,1,11H2,2-4H3,(H,27,30). The number of hydrogen-bond donors (Lipinski definition) is 2. The number of anilines is 1. The molecular formula is C22H22Cl2F2N2O3. The fourth-order valence-corrected chi connectivity index (χ4v) is 3.85. The summed E-state index contributed by atoms with van der Waals surface area (Å²) in [4.78, 5) is 24.7. The van der Waals surface area contributed by atoms with Crippen LogP contribution in [0, 0.1) is 0 Å². The molecule has 0 fully saturated rings. The minimum atomic E-state index is -3.11. The number of ether oxygens (including phenoxy) is 1. The maximum atomic E-state index is 12.8. The predicted octanol–water partition coefficient (Wildman–Crippen LogP) is 6.16. The average Bonchev–Trinajstić information content (AvgIpc) is 2.63. The number of Topliss-reactive ketones (excluding diaryl/α,β-unsaturated/α-hetero) is 1. The van der Waals surface area contributed by atoms with Gasteiger partial charge in [-0.3, -0.25) is 9.59 Å². The lowest BCUT2D eigenvalue weighted by atomic mass is 9.86. The molecule has 0 aliphatic heterocycles. The highest BCUT2D eigenvalue weighted by Crippen LogP contribution is 2.37. The third kappa shape index (κ3) is 6.42. The van der Waals surface area contributed by atoms with E-state index in [1.807, 2.05) is 0 Å². The van der Waals surface area contributed by atoms with Crippen molar-refractivity contribution in [1.29, 1.82) is 0 Å². The van der Waals surface area contributed by atoms with E-state index in [1.165, 1.54) is 25.1 Å². The van der Waals surface area contributed by atoms with Gasteiger partial charge >= 0.3 is 6.61 Å². The number of amides is 1. The van der Waals surface area contributed by atoms with Crippen LogP contribution in [0.4, 0.5) is 14.5 Å². The largest absolute Gasteiger partial charge is 0.434 e. The van der Waals surface area contributed by atoms with Crippen molar-refractivity contribution in [3.63, 3.8) is 0 Å². The van der Waals surface area contributed by atoms with Crippen molar-refractivity contribution in [1.82, 2.24) is 5.32 Å². The summed E-state index contributed by atoms with van der Waals surface area (Å²) in [5.41, 5.74) is 0.351. The van der Waals surface area contributed by atoms with Gasteiger partial charge in [0.15, 0.2) is 0 Å². The second-order valence-corrected chi connectivity index (χ2v) is 8.07. The Bertz CT molecular complexity index is 996. The molecule has 5 nitrogen and oxygen atoms in total. The van der Waals surface area contributed by atoms with E-state index in [-0.39, 0.29) is 39.2 Å². The monoisotopic (exact) mass is 470 g/mol. The molecule has 2 N–H and O–H groups in total. The van der Waals surface area contributed by atoms with E-state index in [0.29, 0.717) is 11.3 Å². The Labute approximate surface area is 189 Å². The van der Waals surface area contributed by atoms with Crippen molar-refractivity contribution in [3.8, 4) is 5.75 Å². The number of carbonyl (C=O) groups excluding carboxylic acids is 2. The third-order valence-electron chi connectivity index (χ3n) is 4.34. The molecule has 0 saturated heterocycles. The highest BCUT2D eigenvalue weighted by atomic mass is 35.5. The minimum Gasteiger partial charge on any atom is -0.434 e. The zero-order valence-electron chi connectivity index (χ0n) is 17.2. The second-order valence-electron chi connectivity index (χ2n) is 7.26. The molecule has 0 bridgehead atoms. The number of allylic oxidation sites excluding steroid dienone is 1. The number of hydrogen-bond acceptors (Lipinski definition) is 4. The van der Waals surface area contributed by atoms with Crippen LogP contribution in [0.1, 0.15) is 43.1 Å². The van der Waals surface area contributed by atoms with E-state index in [1.54, 1.807) is 32.0 Å². The molecule has 0 aliphatic rings. The van der Waals surface area contributed by atoms with Crippen LogP contribution in [0.5, 0.6) is 5.75 Å². The first-order valence-corrected chi connectivity index (χ1v) is 9.96. The van der Waals surface area contributed by atoms with Crippen LogP contribution in [0.15, 0.2) is 48.7 Å². The van der Waals surface area contributed by atoms with Gasteiger partial charge < -0.3 is 15.4 Å². The molecule has 0 aliphatic carbocycles. The molecule has 9 heteroatoms. The lowest BCUT2D eigenvalue weighted by molar-refractivity contribution is -0.118. The molecule has 1 amide bonds. The quantitative estimate of drug-likeness (QED) is 0.460. The van der Waals surface area contributed by atoms with Crippen molar-refractivity contribution in [3.05, 3.63) is 69.8 Å². The average molecular weight is 471 g/mol. The first-order chi connectivity index (χ1) is 14.4. The van der Waals surface area contributed by atoms with Crippen LogP contribution in [0.3, 0.4) is 0 Å². The van der Waals surface area contributed by atoms with E-state index in [4.69, 9.17) is 23.2 Å². The van der Waals surface area contributed by atoms with Crippen LogP contribution in [-0.2, 0) is 10.3 Å². The molecule has 2 aromatic carbocycles. The molecule has 0 aromatic heterocycles. The summed E-state index contributed by atoms with van der Waals surface area (Å²) in [6, 6.07) is 8.67. The van der Waals surface area contributed by atoms with E-state index in [2.05, 4.69) is 21.9 Å². The Morgan fingerprint density at radius 2 is 1.87 bits per heavy atom. The fraction of sp³-hybridized carbons (Fsp3) is 0.273. The molecule has 2 rings (SSSR count). The fourth-order valence-electron chi connectivity index (χ4n) is 3.30. The van der Waals surface area contributed by atoms with Crippen LogP contribution in [0.25, 0.3) is 0 Å². The van der Waals surface area contributed by atoms with Gasteiger partial charge in [-0.2, -0.15) is 8.78 Å². The number of carbonyl (C=O) groups is 2. The lowest BCUT2D eigenvalue weighted by Crippen LogP contribution is -2.40. The molecule has 0 saturated carbocycles. The van der Waals surface area contributed by atoms with Crippen LogP contribution in [-0.4, -0.2) is 18.3 Å². The summed E-state index contributed by atoms with van der Waals surface area (Å²) in [6.07, 6.45) is 0.123. The van der Waals surface area contributed by atoms with Crippen molar-refractivity contribution < 1.29 is 23.1 Å². The molecule has 166 valence electrons. The van der Waals surface area contributed by atoms with Gasteiger partial charge in [0, 0.05) is 17.1 Å². The number of nitrogens with one attached hydrogen (secondary N) is 2. The highest BCUT2D eigenvalue weighted by molar-refractivity contribution is 6.35. The Morgan fingerprint density at radius 1 is 1.19 bits per heavy atom. The van der Waals surface area contributed by atoms with E-state index in [0.717, 1.165) is 0 Å². The van der Waals surface area contributed by atoms with Gasteiger partial charge in [-0.05, 0) is 50.6 Å². The number of rotatable bonds is 9. The molecule has 2 aromatic rings. The van der Waals surface area contributed by atoms with Crippen LogP contribution in [0.2, 0.25) is 10.0 Å². The van der Waals surface area contributed by atoms with Gasteiger partial charge in [0.25, 0.3) is 5.91 Å². The first-order valence-electron chi connectivity index (χ1n) is 9.21. The molecule has 0 radical (unpaired) electrons. The summed E-state index contributed by atoms with van der Waals surface area (Å²) in [5.74, 6) is -1.14. The van der Waals surface area contributed by atoms with E-state index < -0.39 is 18.1 Å². The summed E-state index contributed by atoms with van der Waals surface area (Å²) < 4.78 is 29.8. The van der Waals surface area contributed by atoms with Crippen molar-refractivity contribution in [2.75, 3.05) is 5.32 Å². The summed E-state index contributed by atoms with van der Waals surface area (Å²) in [6.45, 7) is 5.73. The topological polar surface area (TPSA) is 67.4 Å². The summed E-state index contributed by atoms with van der Waals surface area (Å²) in [7, 11) is 0. The van der Waals surface area contributed by atoms with Gasteiger partial charge in [0.2, 0.25) is 0 Å². The normalized spacial score (nSPS) is 12.8. The lowest BCUT2D eigenvalue weighted by Gasteiger charge is -2.33. The molecule has 0 spiro atoms. The number of benzene rings is 2. The number of ketones is 1. The Hall–Kier alpha value is -2.64. The molecule has 31 heavy (non-hydrogen) atoms. The Balaban J connectivity index is 2.44. The van der Waals surface area contributed by atoms with Gasteiger partial charge in [-0.15, -0.1) is 0 Å². The minimum absolute atomic E-state index is 0.0746. The Kier molecular flexibility index (Phi) is 8.03. The van der Waals surface area contributed by atoms with Crippen LogP contribution < -0.4 is 15.4 Å². The molecule has 1 unspecified atom stereocenters. The van der Waals surface area contributed by atoms with E-state index in [9.17, 15) is 18.4 Å². The molecular weight excluding hydrogens is 449 g/mol. The Morgan fingerprint density at radius 3 is 2.45 bits per heavy atom. The van der Waals surface area contributed by atoms with Crippen molar-refractivity contribution >= 4 is 40.6 Å². The third-order valence-corrected chi connectivity index (χ3v) is 4.98.